The van der Waals surface area contributed by atoms with E-state index in [9.17, 15) is 18.0 Å². The summed E-state index contributed by atoms with van der Waals surface area (Å²) in [5.74, 6) is 0.222. The van der Waals surface area contributed by atoms with E-state index in [1.807, 2.05) is 0 Å². The van der Waals surface area contributed by atoms with Gasteiger partial charge in [-0.1, -0.05) is 17.3 Å². The van der Waals surface area contributed by atoms with Gasteiger partial charge in [-0.3, -0.25) is 9.69 Å². The number of carbonyl (C=O) groups is 1. The summed E-state index contributed by atoms with van der Waals surface area (Å²) in [7, 11) is 0. The second-order valence-electron chi connectivity index (χ2n) is 5.22. The number of carbonyl (C=O) groups excluding carboxylic acids is 1. The Morgan fingerprint density at radius 3 is 2.83 bits per heavy atom. The first-order valence-electron chi connectivity index (χ1n) is 6.86. The van der Waals surface area contributed by atoms with Crippen molar-refractivity contribution in [3.63, 3.8) is 0 Å². The SMILES string of the molecule is CC(c1nc(-c2cccc(C(F)(F)F)c2)no1)N1CNC(=O)C1. The minimum absolute atomic E-state index is 0.0800. The van der Waals surface area contributed by atoms with Gasteiger partial charge in [-0.15, -0.1) is 0 Å². The first-order valence-corrected chi connectivity index (χ1v) is 6.86. The molecule has 0 aliphatic carbocycles. The Balaban J connectivity index is 1.83. The molecule has 1 aromatic heterocycles. The predicted octanol–water partition coefficient (Wildman–Crippen LogP) is 2.21. The van der Waals surface area contributed by atoms with Gasteiger partial charge in [0.25, 0.3) is 0 Å². The summed E-state index contributed by atoms with van der Waals surface area (Å²) in [6.45, 7) is 2.35. The predicted molar refractivity (Wildman–Crippen MR) is 72.9 cm³/mol. The number of rotatable bonds is 3. The molecule has 1 aliphatic heterocycles. The van der Waals surface area contributed by atoms with Gasteiger partial charge in [0.1, 0.15) is 0 Å². The highest BCUT2D eigenvalue weighted by molar-refractivity contribution is 5.79. The second-order valence-corrected chi connectivity index (χ2v) is 5.22. The zero-order valence-corrected chi connectivity index (χ0v) is 12.1. The number of alkyl halides is 3. The molecule has 1 fully saturated rings. The van der Waals surface area contributed by atoms with E-state index in [0.29, 0.717) is 6.67 Å². The molecule has 1 unspecified atom stereocenters. The Morgan fingerprint density at radius 2 is 2.17 bits per heavy atom. The summed E-state index contributed by atoms with van der Waals surface area (Å²) in [4.78, 5) is 17.2. The lowest BCUT2D eigenvalue weighted by Gasteiger charge is -2.17. The normalized spacial score (nSPS) is 17.3. The molecule has 1 aliphatic rings. The van der Waals surface area contributed by atoms with Crippen LogP contribution in [-0.4, -0.2) is 34.2 Å². The molecule has 1 amide bonds. The maximum absolute atomic E-state index is 12.7. The van der Waals surface area contributed by atoms with Crippen molar-refractivity contribution < 1.29 is 22.5 Å². The average Bonchev–Trinajstić information content (AvgIpc) is 3.15. The molecule has 2 aromatic rings. The van der Waals surface area contributed by atoms with E-state index < -0.39 is 11.7 Å². The lowest BCUT2D eigenvalue weighted by molar-refractivity contribution is -0.137. The highest BCUT2D eigenvalue weighted by Gasteiger charge is 2.31. The van der Waals surface area contributed by atoms with Gasteiger partial charge in [0, 0.05) is 5.56 Å². The van der Waals surface area contributed by atoms with Crippen molar-refractivity contribution in [2.24, 2.45) is 0 Å². The fourth-order valence-electron chi connectivity index (χ4n) is 2.27. The monoisotopic (exact) mass is 326 g/mol. The number of halogens is 3. The molecule has 23 heavy (non-hydrogen) atoms. The van der Waals surface area contributed by atoms with E-state index in [0.717, 1.165) is 12.1 Å². The third kappa shape index (κ3) is 3.19. The number of hydrogen-bond donors (Lipinski definition) is 1. The van der Waals surface area contributed by atoms with Gasteiger partial charge in [0.15, 0.2) is 0 Å². The van der Waals surface area contributed by atoms with Crippen LogP contribution in [0.25, 0.3) is 11.4 Å². The van der Waals surface area contributed by atoms with E-state index in [1.54, 1.807) is 11.8 Å². The summed E-state index contributed by atoms with van der Waals surface area (Å²) < 4.78 is 43.4. The van der Waals surface area contributed by atoms with Crippen LogP contribution >= 0.6 is 0 Å². The fourth-order valence-corrected chi connectivity index (χ4v) is 2.27. The smallest absolute Gasteiger partial charge is 0.342 e. The van der Waals surface area contributed by atoms with Crippen LogP contribution in [0.15, 0.2) is 28.8 Å². The van der Waals surface area contributed by atoms with Crippen molar-refractivity contribution >= 4 is 5.91 Å². The standard InChI is InChI=1S/C14H13F3N4O2/c1-8(21-6-11(22)18-7-21)13-19-12(20-23-13)9-3-2-4-10(5-9)14(15,16)17/h2-5,8H,6-7H2,1H3,(H,18,22). The first kappa shape index (κ1) is 15.5. The highest BCUT2D eigenvalue weighted by atomic mass is 19.4. The number of nitrogens with zero attached hydrogens (tertiary/aromatic N) is 3. The molecule has 1 atom stereocenters. The molecule has 122 valence electrons. The molecular formula is C14H13F3N4O2. The largest absolute Gasteiger partial charge is 0.416 e. The molecule has 1 saturated heterocycles. The van der Waals surface area contributed by atoms with Gasteiger partial charge in [0.2, 0.25) is 17.6 Å². The lowest BCUT2D eigenvalue weighted by Crippen LogP contribution is -2.25. The van der Waals surface area contributed by atoms with Crippen LogP contribution in [0.2, 0.25) is 0 Å². The molecule has 2 heterocycles. The maximum atomic E-state index is 12.7. The molecule has 1 aromatic carbocycles. The Morgan fingerprint density at radius 1 is 1.39 bits per heavy atom. The van der Waals surface area contributed by atoms with Gasteiger partial charge >= 0.3 is 6.18 Å². The van der Waals surface area contributed by atoms with E-state index in [1.165, 1.54) is 12.1 Å². The molecule has 1 N–H and O–H groups in total. The Bertz CT molecular complexity index is 729. The van der Waals surface area contributed by atoms with Gasteiger partial charge in [-0.2, -0.15) is 18.2 Å². The van der Waals surface area contributed by atoms with Crippen molar-refractivity contribution in [2.45, 2.75) is 19.1 Å². The van der Waals surface area contributed by atoms with Gasteiger partial charge in [-0.25, -0.2) is 0 Å². The minimum atomic E-state index is -4.43. The zero-order valence-electron chi connectivity index (χ0n) is 12.1. The van der Waals surface area contributed by atoms with E-state index in [2.05, 4.69) is 15.5 Å². The first-order chi connectivity index (χ1) is 10.8. The highest BCUT2D eigenvalue weighted by Crippen LogP contribution is 2.32. The van der Waals surface area contributed by atoms with Gasteiger partial charge < -0.3 is 9.84 Å². The van der Waals surface area contributed by atoms with Crippen molar-refractivity contribution in [1.29, 1.82) is 0 Å². The number of aromatic nitrogens is 2. The van der Waals surface area contributed by atoms with Gasteiger partial charge in [-0.05, 0) is 19.1 Å². The summed E-state index contributed by atoms with van der Waals surface area (Å²) >= 11 is 0. The van der Waals surface area contributed by atoms with Crippen molar-refractivity contribution in [2.75, 3.05) is 13.2 Å². The molecule has 0 radical (unpaired) electrons. The molecule has 0 spiro atoms. The summed E-state index contributed by atoms with van der Waals surface area (Å²) in [6.07, 6.45) is -4.43. The van der Waals surface area contributed by atoms with Crippen LogP contribution in [0.5, 0.6) is 0 Å². The molecule has 0 bridgehead atoms. The van der Waals surface area contributed by atoms with Crippen LogP contribution < -0.4 is 5.32 Å². The van der Waals surface area contributed by atoms with Crippen molar-refractivity contribution in [3.8, 4) is 11.4 Å². The van der Waals surface area contributed by atoms with Crippen LogP contribution in [-0.2, 0) is 11.0 Å². The average molecular weight is 326 g/mol. The minimum Gasteiger partial charge on any atom is -0.342 e. The lowest BCUT2D eigenvalue weighted by atomic mass is 10.1. The van der Waals surface area contributed by atoms with E-state index in [4.69, 9.17) is 4.52 Å². The molecular weight excluding hydrogens is 313 g/mol. The zero-order chi connectivity index (χ0) is 16.6. The van der Waals surface area contributed by atoms with Crippen LogP contribution in [0.1, 0.15) is 24.4 Å². The van der Waals surface area contributed by atoms with Crippen LogP contribution in [0.4, 0.5) is 13.2 Å². The topological polar surface area (TPSA) is 71.3 Å². The Hall–Kier alpha value is -2.42. The van der Waals surface area contributed by atoms with Crippen molar-refractivity contribution in [1.82, 2.24) is 20.4 Å². The van der Waals surface area contributed by atoms with E-state index in [-0.39, 0.29) is 35.8 Å². The Labute approximate surface area is 129 Å². The molecule has 3 rings (SSSR count). The number of amides is 1. The maximum Gasteiger partial charge on any atom is 0.416 e. The van der Waals surface area contributed by atoms with Crippen LogP contribution in [0, 0.1) is 0 Å². The van der Waals surface area contributed by atoms with Crippen LogP contribution in [0.3, 0.4) is 0 Å². The second kappa shape index (κ2) is 5.65. The van der Waals surface area contributed by atoms with Crippen molar-refractivity contribution in [3.05, 3.63) is 35.7 Å². The summed E-state index contributed by atoms with van der Waals surface area (Å²) in [5.41, 5.74) is -0.554. The number of benzene rings is 1. The fraction of sp³-hybridized carbons (Fsp3) is 0.357. The summed E-state index contributed by atoms with van der Waals surface area (Å²) in [6, 6.07) is 4.41. The quantitative estimate of drug-likeness (QED) is 0.936. The third-order valence-electron chi connectivity index (χ3n) is 3.62. The third-order valence-corrected chi connectivity index (χ3v) is 3.62. The molecule has 9 heteroatoms. The number of hydrogen-bond acceptors (Lipinski definition) is 5. The van der Waals surface area contributed by atoms with E-state index >= 15 is 0 Å². The molecule has 0 saturated carbocycles. The Kier molecular flexibility index (Phi) is 3.80. The summed E-state index contributed by atoms with van der Waals surface area (Å²) in [5, 5.41) is 6.39. The molecule has 6 nitrogen and oxygen atoms in total. The number of nitrogens with one attached hydrogen (secondary N) is 1. The van der Waals surface area contributed by atoms with Gasteiger partial charge in [0.05, 0.1) is 24.8 Å².